The molecular formula is C17H20BrN3. The average molecular weight is 346 g/mol. The maximum atomic E-state index is 9.16. The summed E-state index contributed by atoms with van der Waals surface area (Å²) in [6.07, 6.45) is 3.45. The van der Waals surface area contributed by atoms with Crippen LogP contribution in [0.2, 0.25) is 0 Å². The van der Waals surface area contributed by atoms with Crippen molar-refractivity contribution in [2.75, 3.05) is 19.6 Å². The van der Waals surface area contributed by atoms with Crippen LogP contribution in [0.25, 0.3) is 0 Å². The van der Waals surface area contributed by atoms with Crippen LogP contribution in [0.4, 0.5) is 0 Å². The Kier molecular flexibility index (Phi) is 6.23. The molecule has 1 aromatic rings. The third-order valence-corrected chi connectivity index (χ3v) is 4.92. The first-order valence-electron chi connectivity index (χ1n) is 7.48. The molecule has 1 atom stereocenters. The highest BCUT2D eigenvalue weighted by molar-refractivity contribution is 9.10. The second-order valence-corrected chi connectivity index (χ2v) is 6.47. The van der Waals surface area contributed by atoms with Crippen LogP contribution >= 0.6 is 15.9 Å². The predicted octanol–water partition coefficient (Wildman–Crippen LogP) is 4.07. The molecule has 1 heterocycles. The second-order valence-electron chi connectivity index (χ2n) is 5.62. The van der Waals surface area contributed by atoms with Crippen molar-refractivity contribution in [3.8, 4) is 12.1 Å². The van der Waals surface area contributed by atoms with Crippen molar-refractivity contribution in [3.05, 3.63) is 34.3 Å². The fourth-order valence-electron chi connectivity index (χ4n) is 2.98. The maximum absolute atomic E-state index is 9.16. The van der Waals surface area contributed by atoms with Crippen molar-refractivity contribution in [2.24, 2.45) is 5.92 Å². The minimum absolute atomic E-state index is 0.00957. The van der Waals surface area contributed by atoms with Crippen molar-refractivity contribution in [1.82, 2.24) is 4.90 Å². The molecule has 0 aliphatic carbocycles. The van der Waals surface area contributed by atoms with Crippen LogP contribution in [0.1, 0.15) is 37.2 Å². The topological polar surface area (TPSA) is 50.8 Å². The Morgan fingerprint density at radius 2 is 1.95 bits per heavy atom. The third-order valence-electron chi connectivity index (χ3n) is 4.20. The van der Waals surface area contributed by atoms with Gasteiger partial charge in [0.1, 0.15) is 0 Å². The van der Waals surface area contributed by atoms with Crippen LogP contribution in [0.3, 0.4) is 0 Å². The summed E-state index contributed by atoms with van der Waals surface area (Å²) >= 11 is 3.64. The lowest BCUT2D eigenvalue weighted by molar-refractivity contribution is 0.193. The van der Waals surface area contributed by atoms with Gasteiger partial charge in [0.15, 0.2) is 0 Å². The van der Waals surface area contributed by atoms with Crippen molar-refractivity contribution < 1.29 is 0 Å². The van der Waals surface area contributed by atoms with Crippen molar-refractivity contribution in [2.45, 2.75) is 31.6 Å². The zero-order valence-electron chi connectivity index (χ0n) is 12.1. The lowest BCUT2D eigenvalue weighted by Gasteiger charge is -2.33. The van der Waals surface area contributed by atoms with Gasteiger partial charge in [-0.3, -0.25) is 0 Å². The van der Waals surface area contributed by atoms with Crippen LogP contribution in [0.5, 0.6) is 0 Å². The second kappa shape index (κ2) is 8.17. The molecular weight excluding hydrogens is 326 g/mol. The summed E-state index contributed by atoms with van der Waals surface area (Å²) in [5.41, 5.74) is 1.40. The quantitative estimate of drug-likeness (QED) is 0.807. The van der Waals surface area contributed by atoms with E-state index in [1.807, 2.05) is 0 Å². The molecule has 2 rings (SSSR count). The molecule has 0 N–H and O–H groups in total. The van der Waals surface area contributed by atoms with Crippen LogP contribution < -0.4 is 0 Å². The fraction of sp³-hybridized carbons (Fsp3) is 0.529. The molecule has 0 radical (unpaired) electrons. The number of nitriles is 2. The van der Waals surface area contributed by atoms with Gasteiger partial charge in [-0.2, -0.15) is 10.5 Å². The van der Waals surface area contributed by atoms with Gasteiger partial charge in [-0.15, -0.1) is 0 Å². The van der Waals surface area contributed by atoms with Crippen molar-refractivity contribution >= 4 is 15.9 Å². The molecule has 1 aliphatic heterocycles. The smallest absolute Gasteiger partial charge is 0.0669 e. The molecule has 1 aliphatic rings. The summed E-state index contributed by atoms with van der Waals surface area (Å²) in [7, 11) is 0. The number of hydrogen-bond donors (Lipinski definition) is 0. The van der Waals surface area contributed by atoms with E-state index in [1.165, 1.54) is 10.0 Å². The minimum Gasteiger partial charge on any atom is -0.302 e. The highest BCUT2D eigenvalue weighted by atomic mass is 79.9. The van der Waals surface area contributed by atoms with Crippen LogP contribution in [-0.2, 0) is 0 Å². The third kappa shape index (κ3) is 4.56. The largest absolute Gasteiger partial charge is 0.302 e. The number of hydrogen-bond acceptors (Lipinski definition) is 3. The van der Waals surface area contributed by atoms with Gasteiger partial charge in [-0.25, -0.2) is 0 Å². The van der Waals surface area contributed by atoms with Crippen molar-refractivity contribution in [1.29, 1.82) is 10.5 Å². The average Bonchev–Trinajstić information content (AvgIpc) is 2.52. The molecule has 0 aromatic heterocycles. The van der Waals surface area contributed by atoms with Crippen LogP contribution in [0.15, 0.2) is 28.7 Å². The Hall–Kier alpha value is -1.36. The zero-order chi connectivity index (χ0) is 15.1. The standard InChI is InChI=1S/C17H20BrN3/c18-17-6-2-1-5-16(17)15-7-10-21(11-8-15)13-14(12-20)4-3-9-19/h1-2,5-6,14-15H,3-4,7-8,10-11,13H2/t14-/m1/s1. The van der Waals surface area contributed by atoms with Crippen LogP contribution in [-0.4, -0.2) is 24.5 Å². The first kappa shape index (κ1) is 16.0. The highest BCUT2D eigenvalue weighted by Gasteiger charge is 2.23. The number of likely N-dealkylation sites (tertiary alicyclic amines) is 1. The van der Waals surface area contributed by atoms with Gasteiger partial charge in [0, 0.05) is 17.4 Å². The molecule has 3 nitrogen and oxygen atoms in total. The summed E-state index contributed by atoms with van der Waals surface area (Å²) in [6.45, 7) is 2.88. The molecule has 1 fully saturated rings. The summed E-state index contributed by atoms with van der Waals surface area (Å²) < 4.78 is 1.20. The zero-order valence-corrected chi connectivity index (χ0v) is 13.7. The van der Waals surface area contributed by atoms with Gasteiger partial charge in [-0.05, 0) is 49.9 Å². The van der Waals surface area contributed by atoms with Crippen LogP contribution in [0, 0.1) is 28.6 Å². The number of piperidine rings is 1. The van der Waals surface area contributed by atoms with Gasteiger partial charge in [-0.1, -0.05) is 34.1 Å². The molecule has 110 valence electrons. The molecule has 4 heteroatoms. The van der Waals surface area contributed by atoms with Crippen molar-refractivity contribution in [3.63, 3.8) is 0 Å². The van der Waals surface area contributed by atoms with Gasteiger partial charge in [0.25, 0.3) is 0 Å². The van der Waals surface area contributed by atoms with E-state index in [0.29, 0.717) is 18.8 Å². The van der Waals surface area contributed by atoms with E-state index in [4.69, 9.17) is 10.5 Å². The molecule has 0 bridgehead atoms. The first-order chi connectivity index (χ1) is 10.2. The summed E-state index contributed by atoms with van der Waals surface area (Å²) in [5.74, 6) is 0.598. The number of halogens is 1. The molecule has 1 aromatic carbocycles. The predicted molar refractivity (Wildman–Crippen MR) is 86.5 cm³/mol. The van der Waals surface area contributed by atoms with Gasteiger partial charge in [0.2, 0.25) is 0 Å². The Labute approximate surface area is 135 Å². The molecule has 0 amide bonds. The fourth-order valence-corrected chi connectivity index (χ4v) is 3.59. The monoisotopic (exact) mass is 345 g/mol. The SMILES string of the molecule is N#CCC[C@H](C#N)CN1CCC(c2ccccc2Br)CC1. The van der Waals surface area contributed by atoms with E-state index in [9.17, 15) is 0 Å². The summed E-state index contributed by atoms with van der Waals surface area (Å²) in [4.78, 5) is 2.37. The van der Waals surface area contributed by atoms with E-state index in [-0.39, 0.29) is 5.92 Å². The number of rotatable bonds is 5. The van der Waals surface area contributed by atoms with E-state index >= 15 is 0 Å². The number of nitrogens with zero attached hydrogens (tertiary/aromatic N) is 3. The Morgan fingerprint density at radius 1 is 1.24 bits per heavy atom. The van der Waals surface area contributed by atoms with Gasteiger partial charge in [0.05, 0.1) is 18.1 Å². The first-order valence-corrected chi connectivity index (χ1v) is 8.27. The molecule has 1 saturated heterocycles. The van der Waals surface area contributed by atoms with E-state index < -0.39 is 0 Å². The van der Waals surface area contributed by atoms with Gasteiger partial charge < -0.3 is 4.90 Å². The number of benzene rings is 1. The normalized spacial score (nSPS) is 17.9. The van der Waals surface area contributed by atoms with E-state index in [1.54, 1.807) is 0 Å². The molecule has 0 saturated carbocycles. The minimum atomic E-state index is -0.00957. The molecule has 0 spiro atoms. The van der Waals surface area contributed by atoms with E-state index in [0.717, 1.165) is 32.5 Å². The molecule has 21 heavy (non-hydrogen) atoms. The summed E-state index contributed by atoms with van der Waals surface area (Å²) in [5, 5.41) is 17.8. The highest BCUT2D eigenvalue weighted by Crippen LogP contribution is 2.33. The summed E-state index contributed by atoms with van der Waals surface area (Å²) in [6, 6.07) is 12.9. The van der Waals surface area contributed by atoms with E-state index in [2.05, 4.69) is 57.2 Å². The Morgan fingerprint density at radius 3 is 2.57 bits per heavy atom. The Balaban J connectivity index is 1.85. The lowest BCUT2D eigenvalue weighted by atomic mass is 9.89. The maximum Gasteiger partial charge on any atom is 0.0669 e. The lowest BCUT2D eigenvalue weighted by Crippen LogP contribution is -2.36. The molecule has 0 unspecified atom stereocenters. The Bertz CT molecular complexity index is 536. The van der Waals surface area contributed by atoms with Gasteiger partial charge >= 0.3 is 0 Å².